The lowest BCUT2D eigenvalue weighted by molar-refractivity contribution is 0.0990. The molecular formula is C19H14Cl3N3O2. The first-order valence-electron chi connectivity index (χ1n) is 7.85. The van der Waals surface area contributed by atoms with Crippen LogP contribution in [-0.4, -0.2) is 22.9 Å². The van der Waals surface area contributed by atoms with E-state index in [1.807, 2.05) is 6.92 Å². The Balaban J connectivity index is 1.95. The van der Waals surface area contributed by atoms with Crippen LogP contribution in [-0.2, 0) is 0 Å². The number of carbonyl (C=O) groups is 1. The second kappa shape index (κ2) is 8.13. The van der Waals surface area contributed by atoms with E-state index < -0.39 is 0 Å². The number of hydrogen-bond acceptors (Lipinski definition) is 4. The number of benzene rings is 1. The van der Waals surface area contributed by atoms with E-state index in [4.69, 9.17) is 39.5 Å². The first-order valence-corrected chi connectivity index (χ1v) is 8.98. The van der Waals surface area contributed by atoms with Gasteiger partial charge in [0.25, 0.3) is 5.91 Å². The van der Waals surface area contributed by atoms with Crippen LogP contribution in [0, 0.1) is 6.92 Å². The van der Waals surface area contributed by atoms with E-state index in [1.54, 1.807) is 49.6 Å². The number of anilines is 1. The standard InChI is InChI=1S/C19H14Cl3N3O2/c1-11-8-17(22)24-10-15(11)25(2)19(26)13-4-3-7-23-18(13)27-16-9-12(20)5-6-14(16)21/h3-10H,1-2H3. The molecule has 5 nitrogen and oxygen atoms in total. The second-order valence-corrected chi connectivity index (χ2v) is 6.92. The lowest BCUT2D eigenvalue weighted by atomic mass is 10.2. The van der Waals surface area contributed by atoms with Crippen molar-refractivity contribution in [2.45, 2.75) is 6.92 Å². The molecular weight excluding hydrogens is 409 g/mol. The van der Waals surface area contributed by atoms with Crippen molar-refractivity contribution in [3.8, 4) is 11.6 Å². The molecule has 0 unspecified atom stereocenters. The Morgan fingerprint density at radius 3 is 2.63 bits per heavy atom. The van der Waals surface area contributed by atoms with Crippen LogP contribution < -0.4 is 9.64 Å². The molecule has 0 atom stereocenters. The number of pyridine rings is 2. The van der Waals surface area contributed by atoms with Crippen LogP contribution in [0.5, 0.6) is 11.6 Å². The van der Waals surface area contributed by atoms with E-state index in [9.17, 15) is 4.79 Å². The van der Waals surface area contributed by atoms with Crippen molar-refractivity contribution in [3.05, 3.63) is 75.1 Å². The van der Waals surface area contributed by atoms with Gasteiger partial charge in [0.1, 0.15) is 16.5 Å². The third-order valence-electron chi connectivity index (χ3n) is 3.82. The lowest BCUT2D eigenvalue weighted by Gasteiger charge is -2.20. The van der Waals surface area contributed by atoms with Crippen LogP contribution in [0.25, 0.3) is 0 Å². The summed E-state index contributed by atoms with van der Waals surface area (Å²) in [5, 5.41) is 1.17. The van der Waals surface area contributed by atoms with Crippen LogP contribution in [0.2, 0.25) is 15.2 Å². The molecule has 1 aromatic carbocycles. The van der Waals surface area contributed by atoms with Gasteiger partial charge in [-0.3, -0.25) is 4.79 Å². The summed E-state index contributed by atoms with van der Waals surface area (Å²) in [6, 6.07) is 9.78. The number of carbonyl (C=O) groups excluding carboxylic acids is 1. The van der Waals surface area contributed by atoms with Crippen LogP contribution in [0.1, 0.15) is 15.9 Å². The van der Waals surface area contributed by atoms with E-state index in [-0.39, 0.29) is 17.4 Å². The van der Waals surface area contributed by atoms with Crippen molar-refractivity contribution >= 4 is 46.4 Å². The number of rotatable bonds is 4. The topological polar surface area (TPSA) is 55.3 Å². The minimum absolute atomic E-state index is 0.123. The highest BCUT2D eigenvalue weighted by atomic mass is 35.5. The van der Waals surface area contributed by atoms with E-state index in [2.05, 4.69) is 9.97 Å². The van der Waals surface area contributed by atoms with Gasteiger partial charge in [-0.15, -0.1) is 0 Å². The molecule has 0 N–H and O–H groups in total. The van der Waals surface area contributed by atoms with Crippen LogP contribution in [0.3, 0.4) is 0 Å². The Bertz CT molecular complexity index is 1010. The third kappa shape index (κ3) is 4.33. The zero-order chi connectivity index (χ0) is 19.6. The number of amides is 1. The molecule has 0 aliphatic carbocycles. The number of aryl methyl sites for hydroxylation is 1. The average Bonchev–Trinajstić information content (AvgIpc) is 2.64. The van der Waals surface area contributed by atoms with E-state index in [0.29, 0.717) is 26.6 Å². The van der Waals surface area contributed by atoms with Gasteiger partial charge in [-0.05, 0) is 42.8 Å². The summed E-state index contributed by atoms with van der Waals surface area (Å²) in [6.07, 6.45) is 3.07. The van der Waals surface area contributed by atoms with Crippen molar-refractivity contribution in [1.82, 2.24) is 9.97 Å². The first-order chi connectivity index (χ1) is 12.9. The Morgan fingerprint density at radius 2 is 1.89 bits per heavy atom. The Labute approximate surface area is 171 Å². The molecule has 0 spiro atoms. The minimum Gasteiger partial charge on any atom is -0.437 e. The Morgan fingerprint density at radius 1 is 1.11 bits per heavy atom. The summed E-state index contributed by atoms with van der Waals surface area (Å²) in [4.78, 5) is 22.7. The fourth-order valence-corrected chi connectivity index (χ4v) is 2.98. The van der Waals surface area contributed by atoms with Gasteiger partial charge in [0.15, 0.2) is 0 Å². The normalized spacial score (nSPS) is 10.6. The van der Waals surface area contributed by atoms with Gasteiger partial charge in [-0.25, -0.2) is 9.97 Å². The maximum absolute atomic E-state index is 13.0. The summed E-state index contributed by atoms with van der Waals surface area (Å²) >= 11 is 18.0. The zero-order valence-electron chi connectivity index (χ0n) is 14.4. The van der Waals surface area contributed by atoms with Crippen molar-refractivity contribution in [2.75, 3.05) is 11.9 Å². The van der Waals surface area contributed by atoms with Crippen molar-refractivity contribution in [3.63, 3.8) is 0 Å². The monoisotopic (exact) mass is 421 g/mol. The lowest BCUT2D eigenvalue weighted by Crippen LogP contribution is -2.27. The maximum atomic E-state index is 13.0. The molecule has 8 heteroatoms. The summed E-state index contributed by atoms with van der Waals surface area (Å²) in [5.41, 5.74) is 1.71. The average molecular weight is 423 g/mol. The fraction of sp³-hybridized carbons (Fsp3) is 0.105. The highest BCUT2D eigenvalue weighted by Gasteiger charge is 2.21. The number of ether oxygens (including phenoxy) is 1. The van der Waals surface area contributed by atoms with E-state index in [1.165, 1.54) is 11.1 Å². The van der Waals surface area contributed by atoms with Gasteiger partial charge in [-0.1, -0.05) is 34.8 Å². The summed E-state index contributed by atoms with van der Waals surface area (Å²) in [6.45, 7) is 1.85. The van der Waals surface area contributed by atoms with Gasteiger partial charge in [0, 0.05) is 24.3 Å². The number of nitrogens with zero attached hydrogens (tertiary/aromatic N) is 3. The molecule has 0 aliphatic heterocycles. The van der Waals surface area contributed by atoms with Crippen molar-refractivity contribution in [2.24, 2.45) is 0 Å². The highest BCUT2D eigenvalue weighted by Crippen LogP contribution is 2.33. The predicted molar refractivity (Wildman–Crippen MR) is 107 cm³/mol. The molecule has 2 heterocycles. The minimum atomic E-state index is -0.316. The molecule has 0 radical (unpaired) electrons. The third-order valence-corrected chi connectivity index (χ3v) is 4.57. The molecule has 0 saturated carbocycles. The summed E-state index contributed by atoms with van der Waals surface area (Å²) in [7, 11) is 1.64. The van der Waals surface area contributed by atoms with Gasteiger partial charge < -0.3 is 9.64 Å². The van der Waals surface area contributed by atoms with E-state index in [0.717, 1.165) is 5.56 Å². The molecule has 0 bridgehead atoms. The smallest absolute Gasteiger partial charge is 0.263 e. The van der Waals surface area contributed by atoms with Crippen LogP contribution in [0.4, 0.5) is 5.69 Å². The largest absolute Gasteiger partial charge is 0.437 e. The summed E-state index contributed by atoms with van der Waals surface area (Å²) < 4.78 is 5.77. The van der Waals surface area contributed by atoms with Gasteiger partial charge in [-0.2, -0.15) is 0 Å². The van der Waals surface area contributed by atoms with Gasteiger partial charge in [0.05, 0.1) is 16.9 Å². The van der Waals surface area contributed by atoms with Crippen LogP contribution in [0.15, 0.2) is 48.8 Å². The predicted octanol–water partition coefficient (Wildman–Crippen LogP) is 5.81. The SMILES string of the molecule is Cc1cc(Cl)ncc1N(C)C(=O)c1cccnc1Oc1cc(Cl)ccc1Cl. The van der Waals surface area contributed by atoms with Crippen molar-refractivity contribution in [1.29, 1.82) is 0 Å². The number of halogens is 3. The van der Waals surface area contributed by atoms with E-state index >= 15 is 0 Å². The second-order valence-electron chi connectivity index (χ2n) is 5.69. The molecule has 3 rings (SSSR count). The molecule has 27 heavy (non-hydrogen) atoms. The van der Waals surface area contributed by atoms with Gasteiger partial charge >= 0.3 is 0 Å². The fourth-order valence-electron chi connectivity index (χ4n) is 2.45. The molecule has 0 saturated heterocycles. The quantitative estimate of drug-likeness (QED) is 0.498. The zero-order valence-corrected chi connectivity index (χ0v) is 16.7. The van der Waals surface area contributed by atoms with Gasteiger partial charge in [0.2, 0.25) is 5.88 Å². The molecule has 3 aromatic rings. The first kappa shape index (κ1) is 19.4. The Kier molecular flexibility index (Phi) is 5.85. The maximum Gasteiger partial charge on any atom is 0.263 e. The molecule has 0 fully saturated rings. The van der Waals surface area contributed by atoms with Crippen LogP contribution >= 0.6 is 34.8 Å². The number of hydrogen-bond donors (Lipinski definition) is 0. The molecule has 138 valence electrons. The molecule has 1 amide bonds. The molecule has 2 aromatic heterocycles. The number of aromatic nitrogens is 2. The van der Waals surface area contributed by atoms with Crippen molar-refractivity contribution < 1.29 is 9.53 Å². The Hall–Kier alpha value is -2.34. The molecule has 0 aliphatic rings. The highest BCUT2D eigenvalue weighted by molar-refractivity contribution is 6.34. The summed E-state index contributed by atoms with van der Waals surface area (Å²) in [5.74, 6) is 0.116.